The van der Waals surface area contributed by atoms with E-state index in [1.165, 1.54) is 11.1 Å². The largest absolute Gasteiger partial charge is 0.397 e. The second-order valence-corrected chi connectivity index (χ2v) is 5.37. The van der Waals surface area contributed by atoms with Gasteiger partial charge in [0.25, 0.3) is 0 Å². The quantitative estimate of drug-likeness (QED) is 0.819. The molecule has 0 bridgehead atoms. The van der Waals surface area contributed by atoms with E-state index in [4.69, 9.17) is 5.73 Å². The first-order chi connectivity index (χ1) is 8.99. The van der Waals surface area contributed by atoms with Gasteiger partial charge in [-0.05, 0) is 48.2 Å². The molecule has 0 fully saturated rings. The van der Waals surface area contributed by atoms with E-state index in [2.05, 4.69) is 63.1 Å². The van der Waals surface area contributed by atoms with Crippen molar-refractivity contribution in [1.82, 2.24) is 0 Å². The molecule has 0 aromatic heterocycles. The average Bonchev–Trinajstić information content (AvgIpc) is 2.41. The van der Waals surface area contributed by atoms with Crippen molar-refractivity contribution in [3.05, 3.63) is 53.6 Å². The van der Waals surface area contributed by atoms with Gasteiger partial charge in [0.2, 0.25) is 0 Å². The molecule has 0 unspecified atom stereocenters. The van der Waals surface area contributed by atoms with Gasteiger partial charge in [0, 0.05) is 12.7 Å². The van der Waals surface area contributed by atoms with Crippen molar-refractivity contribution in [2.45, 2.75) is 26.7 Å². The molecule has 19 heavy (non-hydrogen) atoms. The number of nitrogens with two attached hydrogens (primary N) is 1. The van der Waals surface area contributed by atoms with Gasteiger partial charge >= 0.3 is 0 Å². The summed E-state index contributed by atoms with van der Waals surface area (Å²) in [5.74, 6) is 0.559. The predicted octanol–water partition coefficient (Wildman–Crippen LogP) is 4.47. The summed E-state index contributed by atoms with van der Waals surface area (Å²) >= 11 is 0. The molecule has 0 radical (unpaired) electrons. The van der Waals surface area contributed by atoms with Gasteiger partial charge in [-0.25, -0.2) is 0 Å². The van der Waals surface area contributed by atoms with Crippen LogP contribution >= 0.6 is 0 Å². The highest BCUT2D eigenvalue weighted by atomic mass is 15.1. The molecule has 0 amide bonds. The Balaban J connectivity index is 2.33. The van der Waals surface area contributed by atoms with E-state index < -0.39 is 0 Å². The van der Waals surface area contributed by atoms with Gasteiger partial charge in [0.05, 0.1) is 11.4 Å². The monoisotopic (exact) mass is 254 g/mol. The van der Waals surface area contributed by atoms with Crippen molar-refractivity contribution >= 4 is 17.1 Å². The van der Waals surface area contributed by atoms with E-state index in [0.717, 1.165) is 17.1 Å². The number of rotatable bonds is 3. The molecule has 2 aromatic carbocycles. The van der Waals surface area contributed by atoms with Gasteiger partial charge in [0.1, 0.15) is 0 Å². The lowest BCUT2D eigenvalue weighted by Gasteiger charge is -2.22. The molecule has 100 valence electrons. The fraction of sp³-hybridized carbons (Fsp3) is 0.294. The second-order valence-electron chi connectivity index (χ2n) is 5.37. The zero-order valence-electron chi connectivity index (χ0n) is 12.1. The smallest absolute Gasteiger partial charge is 0.0644 e. The molecule has 0 heterocycles. The Labute approximate surface area is 115 Å². The summed E-state index contributed by atoms with van der Waals surface area (Å²) in [6.45, 7) is 6.49. The van der Waals surface area contributed by atoms with Crippen molar-refractivity contribution < 1.29 is 0 Å². The van der Waals surface area contributed by atoms with Crippen LogP contribution in [0.3, 0.4) is 0 Å². The minimum atomic E-state index is 0.559. The van der Waals surface area contributed by atoms with E-state index in [1.807, 2.05) is 12.1 Å². The molecule has 0 atom stereocenters. The third kappa shape index (κ3) is 2.90. The molecule has 0 saturated heterocycles. The zero-order chi connectivity index (χ0) is 14.0. The molecule has 2 rings (SSSR count). The number of nitrogen functional groups attached to an aromatic ring is 1. The Morgan fingerprint density at radius 1 is 1.00 bits per heavy atom. The number of hydrogen-bond donors (Lipinski definition) is 1. The predicted molar refractivity (Wildman–Crippen MR) is 84.2 cm³/mol. The van der Waals surface area contributed by atoms with Crippen molar-refractivity contribution in [3.8, 4) is 0 Å². The molecule has 0 aliphatic heterocycles. The highest BCUT2D eigenvalue weighted by molar-refractivity contribution is 5.75. The lowest BCUT2D eigenvalue weighted by molar-refractivity contribution is 0.866. The van der Waals surface area contributed by atoms with Gasteiger partial charge in [-0.2, -0.15) is 0 Å². The molecule has 2 N–H and O–H groups in total. The lowest BCUT2D eigenvalue weighted by Crippen LogP contribution is -2.11. The van der Waals surface area contributed by atoms with E-state index in [9.17, 15) is 0 Å². The number of benzene rings is 2. The maximum atomic E-state index is 6.06. The minimum absolute atomic E-state index is 0.559. The number of aryl methyl sites for hydroxylation is 1. The molecule has 0 saturated carbocycles. The van der Waals surface area contributed by atoms with Gasteiger partial charge in [-0.1, -0.05) is 32.0 Å². The maximum Gasteiger partial charge on any atom is 0.0644 e. The number of anilines is 3. The summed E-state index contributed by atoms with van der Waals surface area (Å²) in [6.07, 6.45) is 0. The molecular weight excluding hydrogens is 232 g/mol. The average molecular weight is 254 g/mol. The Morgan fingerprint density at radius 3 is 2.21 bits per heavy atom. The molecular formula is C17H22N2. The summed E-state index contributed by atoms with van der Waals surface area (Å²) in [5.41, 5.74) is 11.7. The topological polar surface area (TPSA) is 29.3 Å². The van der Waals surface area contributed by atoms with E-state index in [-0.39, 0.29) is 0 Å². The van der Waals surface area contributed by atoms with Crippen LogP contribution in [0.1, 0.15) is 30.9 Å². The van der Waals surface area contributed by atoms with Crippen molar-refractivity contribution in [3.63, 3.8) is 0 Å². The van der Waals surface area contributed by atoms with Crippen LogP contribution in [0.2, 0.25) is 0 Å². The fourth-order valence-corrected chi connectivity index (χ4v) is 2.17. The van der Waals surface area contributed by atoms with Gasteiger partial charge in [-0.3, -0.25) is 0 Å². The molecule has 2 aromatic rings. The SMILES string of the molecule is Cc1ccc(N)c(N(C)c2ccc(C(C)C)cc2)c1. The first-order valence-electron chi connectivity index (χ1n) is 6.69. The van der Waals surface area contributed by atoms with Crippen LogP contribution in [0.4, 0.5) is 17.1 Å². The third-order valence-corrected chi connectivity index (χ3v) is 3.49. The normalized spacial score (nSPS) is 10.8. The standard InChI is InChI=1S/C17H22N2/c1-12(2)14-6-8-15(9-7-14)19(4)17-11-13(3)5-10-16(17)18/h5-12H,18H2,1-4H3. The minimum Gasteiger partial charge on any atom is -0.397 e. The zero-order valence-corrected chi connectivity index (χ0v) is 12.1. The highest BCUT2D eigenvalue weighted by Crippen LogP contribution is 2.30. The lowest BCUT2D eigenvalue weighted by atomic mass is 10.0. The van der Waals surface area contributed by atoms with Crippen LogP contribution in [0.25, 0.3) is 0 Å². The van der Waals surface area contributed by atoms with Crippen LogP contribution in [0, 0.1) is 6.92 Å². The summed E-state index contributed by atoms with van der Waals surface area (Å²) in [7, 11) is 2.05. The van der Waals surface area contributed by atoms with Gasteiger partial charge < -0.3 is 10.6 Å². The van der Waals surface area contributed by atoms with Crippen LogP contribution in [0.15, 0.2) is 42.5 Å². The maximum absolute atomic E-state index is 6.06. The van der Waals surface area contributed by atoms with E-state index in [1.54, 1.807) is 0 Å². The summed E-state index contributed by atoms with van der Waals surface area (Å²) in [5, 5.41) is 0. The van der Waals surface area contributed by atoms with Crippen LogP contribution < -0.4 is 10.6 Å². The fourth-order valence-electron chi connectivity index (χ4n) is 2.17. The van der Waals surface area contributed by atoms with E-state index in [0.29, 0.717) is 5.92 Å². The van der Waals surface area contributed by atoms with Crippen LogP contribution in [-0.2, 0) is 0 Å². The number of nitrogens with zero attached hydrogens (tertiary/aromatic N) is 1. The van der Waals surface area contributed by atoms with E-state index >= 15 is 0 Å². The molecule has 0 aliphatic rings. The summed E-state index contributed by atoms with van der Waals surface area (Å²) < 4.78 is 0. The van der Waals surface area contributed by atoms with Gasteiger partial charge in [0.15, 0.2) is 0 Å². The Kier molecular flexibility index (Phi) is 3.79. The van der Waals surface area contributed by atoms with Crippen LogP contribution in [-0.4, -0.2) is 7.05 Å². The third-order valence-electron chi connectivity index (χ3n) is 3.49. The van der Waals surface area contributed by atoms with Crippen molar-refractivity contribution in [1.29, 1.82) is 0 Å². The summed E-state index contributed by atoms with van der Waals surface area (Å²) in [4.78, 5) is 2.13. The first-order valence-corrected chi connectivity index (χ1v) is 6.69. The molecule has 2 nitrogen and oxygen atoms in total. The first kappa shape index (κ1) is 13.5. The Hall–Kier alpha value is -1.96. The molecule has 0 aliphatic carbocycles. The Morgan fingerprint density at radius 2 is 1.63 bits per heavy atom. The summed E-state index contributed by atoms with van der Waals surface area (Å²) in [6, 6.07) is 14.8. The van der Waals surface area contributed by atoms with Crippen LogP contribution in [0.5, 0.6) is 0 Å². The number of hydrogen-bond acceptors (Lipinski definition) is 2. The van der Waals surface area contributed by atoms with Gasteiger partial charge in [-0.15, -0.1) is 0 Å². The van der Waals surface area contributed by atoms with Crippen molar-refractivity contribution in [2.75, 3.05) is 17.7 Å². The highest BCUT2D eigenvalue weighted by Gasteiger charge is 2.08. The Bertz CT molecular complexity index is 556. The molecule has 2 heteroatoms. The molecule has 0 spiro atoms. The van der Waals surface area contributed by atoms with Crippen molar-refractivity contribution in [2.24, 2.45) is 0 Å². The second kappa shape index (κ2) is 5.35.